The Labute approximate surface area is 112 Å². The maximum atomic E-state index is 11.4. The maximum absolute atomic E-state index is 11.4. The van der Waals surface area contributed by atoms with Crippen molar-refractivity contribution in [3.8, 4) is 0 Å². The van der Waals surface area contributed by atoms with E-state index >= 15 is 0 Å². The van der Waals surface area contributed by atoms with E-state index in [2.05, 4.69) is 15.3 Å². The Kier molecular flexibility index (Phi) is 2.78. The number of rotatable bonds is 5. The largest absolute Gasteiger partial charge is 0.355 e. The van der Waals surface area contributed by atoms with E-state index in [1.807, 2.05) is 24.3 Å². The maximum Gasteiger partial charge on any atom is 0.201 e. The van der Waals surface area contributed by atoms with Crippen molar-refractivity contribution in [2.75, 3.05) is 23.9 Å². The van der Waals surface area contributed by atoms with Crippen LogP contribution in [0.25, 0.3) is 11.0 Å². The molecule has 0 amide bonds. The van der Waals surface area contributed by atoms with E-state index in [0.717, 1.165) is 23.9 Å². The van der Waals surface area contributed by atoms with Gasteiger partial charge in [-0.3, -0.25) is 0 Å². The highest BCUT2D eigenvalue weighted by atomic mass is 32.2. The Morgan fingerprint density at radius 3 is 2.74 bits per heavy atom. The normalized spacial score (nSPS) is 17.5. The lowest BCUT2D eigenvalue weighted by molar-refractivity contribution is 0.560. The Bertz CT molecular complexity index is 669. The molecule has 0 spiro atoms. The number of anilines is 1. The topological polar surface area (TPSA) is 74.8 Å². The summed E-state index contributed by atoms with van der Waals surface area (Å²) in [5.74, 6) is 0.966. The molecule has 0 bridgehead atoms. The van der Waals surface area contributed by atoms with Gasteiger partial charge in [0.2, 0.25) is 5.95 Å². The van der Waals surface area contributed by atoms with Gasteiger partial charge in [0.05, 0.1) is 16.8 Å². The highest BCUT2D eigenvalue weighted by Gasteiger charge is 2.45. The van der Waals surface area contributed by atoms with Crippen LogP contribution in [-0.2, 0) is 9.84 Å². The SMILES string of the molecule is CS(=O)(=O)CC1(CNc2nc3ccccc3[nH]2)CC1. The molecule has 0 radical (unpaired) electrons. The van der Waals surface area contributed by atoms with Crippen LogP contribution in [0.2, 0.25) is 0 Å². The quantitative estimate of drug-likeness (QED) is 0.875. The third-order valence-electron chi connectivity index (χ3n) is 3.55. The Morgan fingerprint density at radius 2 is 2.11 bits per heavy atom. The molecular formula is C13H17N3O2S. The van der Waals surface area contributed by atoms with E-state index in [4.69, 9.17) is 0 Å². The van der Waals surface area contributed by atoms with Crippen LogP contribution in [0.5, 0.6) is 0 Å². The molecule has 6 heteroatoms. The minimum atomic E-state index is -2.92. The molecule has 2 N–H and O–H groups in total. The van der Waals surface area contributed by atoms with Crippen molar-refractivity contribution in [3.05, 3.63) is 24.3 Å². The number of nitrogens with one attached hydrogen (secondary N) is 2. The average molecular weight is 279 g/mol. The molecule has 19 heavy (non-hydrogen) atoms. The number of nitrogens with zero attached hydrogens (tertiary/aromatic N) is 1. The molecule has 1 fully saturated rings. The van der Waals surface area contributed by atoms with Crippen molar-refractivity contribution in [1.82, 2.24) is 9.97 Å². The standard InChI is InChI=1S/C13H17N3O2S/c1-19(17,18)9-13(6-7-13)8-14-12-15-10-4-2-3-5-11(10)16-12/h2-5H,6-9H2,1H3,(H2,14,15,16). The zero-order valence-corrected chi connectivity index (χ0v) is 11.6. The third kappa shape index (κ3) is 2.89. The van der Waals surface area contributed by atoms with Gasteiger partial charge in [-0.05, 0) is 25.0 Å². The number of aromatic nitrogens is 2. The van der Waals surface area contributed by atoms with Crippen LogP contribution in [0.3, 0.4) is 0 Å². The number of sulfone groups is 1. The fraction of sp³-hybridized carbons (Fsp3) is 0.462. The van der Waals surface area contributed by atoms with Crippen LogP contribution in [0.15, 0.2) is 24.3 Å². The minimum absolute atomic E-state index is 0.0907. The lowest BCUT2D eigenvalue weighted by atomic mass is 10.1. The summed E-state index contributed by atoms with van der Waals surface area (Å²) in [6.45, 7) is 0.653. The molecule has 2 aromatic rings. The Morgan fingerprint density at radius 1 is 1.37 bits per heavy atom. The molecule has 5 nitrogen and oxygen atoms in total. The van der Waals surface area contributed by atoms with E-state index < -0.39 is 9.84 Å². The van der Waals surface area contributed by atoms with Crippen LogP contribution in [0.4, 0.5) is 5.95 Å². The third-order valence-corrected chi connectivity index (χ3v) is 4.68. The molecule has 0 saturated heterocycles. The van der Waals surface area contributed by atoms with Gasteiger partial charge >= 0.3 is 0 Å². The molecule has 1 aromatic heterocycles. The number of hydrogen-bond donors (Lipinski definition) is 2. The summed E-state index contributed by atoms with van der Waals surface area (Å²) < 4.78 is 22.8. The summed E-state index contributed by atoms with van der Waals surface area (Å²) in [6, 6.07) is 7.81. The van der Waals surface area contributed by atoms with Gasteiger partial charge in [-0.15, -0.1) is 0 Å². The summed E-state index contributed by atoms with van der Waals surface area (Å²) in [5, 5.41) is 3.23. The zero-order chi connectivity index (χ0) is 13.5. The first-order valence-corrected chi connectivity index (χ1v) is 8.38. The van der Waals surface area contributed by atoms with E-state index in [-0.39, 0.29) is 11.2 Å². The fourth-order valence-electron chi connectivity index (χ4n) is 2.41. The van der Waals surface area contributed by atoms with E-state index in [0.29, 0.717) is 12.5 Å². The predicted octanol–water partition coefficient (Wildman–Crippen LogP) is 1.80. The van der Waals surface area contributed by atoms with E-state index in [1.165, 1.54) is 6.26 Å². The molecule has 1 aliphatic carbocycles. The molecule has 1 saturated carbocycles. The van der Waals surface area contributed by atoms with Crippen LogP contribution >= 0.6 is 0 Å². The van der Waals surface area contributed by atoms with Crippen molar-refractivity contribution in [2.24, 2.45) is 5.41 Å². The molecular weight excluding hydrogens is 262 g/mol. The number of para-hydroxylation sites is 2. The lowest BCUT2D eigenvalue weighted by Gasteiger charge is -2.14. The number of hydrogen-bond acceptors (Lipinski definition) is 4. The first-order valence-electron chi connectivity index (χ1n) is 6.32. The zero-order valence-electron chi connectivity index (χ0n) is 10.8. The second-order valence-electron chi connectivity index (χ2n) is 5.53. The molecule has 1 heterocycles. The Hall–Kier alpha value is -1.56. The fourth-order valence-corrected chi connectivity index (χ4v) is 3.92. The van der Waals surface area contributed by atoms with Crippen molar-refractivity contribution in [3.63, 3.8) is 0 Å². The van der Waals surface area contributed by atoms with Crippen molar-refractivity contribution < 1.29 is 8.42 Å². The summed E-state index contributed by atoms with van der Waals surface area (Å²) in [4.78, 5) is 7.61. The number of fused-ring (bicyclic) bond motifs is 1. The smallest absolute Gasteiger partial charge is 0.201 e. The predicted molar refractivity (Wildman–Crippen MR) is 76.0 cm³/mol. The number of imidazole rings is 1. The first-order chi connectivity index (χ1) is 8.96. The van der Waals surface area contributed by atoms with Gasteiger partial charge in [0, 0.05) is 18.2 Å². The minimum Gasteiger partial charge on any atom is -0.355 e. The molecule has 1 aromatic carbocycles. The van der Waals surface area contributed by atoms with Gasteiger partial charge in [0.25, 0.3) is 0 Å². The molecule has 102 valence electrons. The number of aromatic amines is 1. The molecule has 0 atom stereocenters. The van der Waals surface area contributed by atoms with Crippen molar-refractivity contribution >= 4 is 26.8 Å². The number of benzene rings is 1. The van der Waals surface area contributed by atoms with Gasteiger partial charge < -0.3 is 10.3 Å². The summed E-state index contributed by atoms with van der Waals surface area (Å²) >= 11 is 0. The summed E-state index contributed by atoms with van der Waals surface area (Å²) in [7, 11) is -2.92. The van der Waals surface area contributed by atoms with E-state index in [9.17, 15) is 8.42 Å². The highest BCUT2D eigenvalue weighted by molar-refractivity contribution is 7.90. The van der Waals surface area contributed by atoms with Crippen LogP contribution < -0.4 is 5.32 Å². The van der Waals surface area contributed by atoms with Crippen LogP contribution in [0.1, 0.15) is 12.8 Å². The first kappa shape index (κ1) is 12.5. The van der Waals surface area contributed by atoms with Crippen LogP contribution in [-0.4, -0.2) is 36.9 Å². The summed E-state index contributed by atoms with van der Waals surface area (Å²) in [6.07, 6.45) is 3.23. The molecule has 0 unspecified atom stereocenters. The van der Waals surface area contributed by atoms with Crippen molar-refractivity contribution in [1.29, 1.82) is 0 Å². The number of H-pyrrole nitrogens is 1. The second-order valence-corrected chi connectivity index (χ2v) is 7.67. The van der Waals surface area contributed by atoms with Gasteiger partial charge in [0.1, 0.15) is 9.84 Å². The van der Waals surface area contributed by atoms with Gasteiger partial charge in [0.15, 0.2) is 0 Å². The molecule has 1 aliphatic rings. The molecule has 3 rings (SSSR count). The van der Waals surface area contributed by atoms with Gasteiger partial charge in [-0.1, -0.05) is 12.1 Å². The van der Waals surface area contributed by atoms with E-state index in [1.54, 1.807) is 0 Å². The van der Waals surface area contributed by atoms with Crippen molar-refractivity contribution in [2.45, 2.75) is 12.8 Å². The van der Waals surface area contributed by atoms with Crippen LogP contribution in [0, 0.1) is 5.41 Å². The van der Waals surface area contributed by atoms with Gasteiger partial charge in [-0.2, -0.15) is 0 Å². The van der Waals surface area contributed by atoms with Gasteiger partial charge in [-0.25, -0.2) is 13.4 Å². The molecule has 0 aliphatic heterocycles. The monoisotopic (exact) mass is 279 g/mol. The summed E-state index contributed by atoms with van der Waals surface area (Å²) in [5.41, 5.74) is 1.81. The lowest BCUT2D eigenvalue weighted by Crippen LogP contribution is -2.24. The second kappa shape index (κ2) is 4.23. The highest BCUT2D eigenvalue weighted by Crippen LogP contribution is 2.46. The average Bonchev–Trinajstić information content (AvgIpc) is 2.94. The Balaban J connectivity index is 1.69.